The van der Waals surface area contributed by atoms with Crippen LogP contribution in [0.4, 0.5) is 0 Å². The van der Waals surface area contributed by atoms with E-state index in [0.29, 0.717) is 6.04 Å². The summed E-state index contributed by atoms with van der Waals surface area (Å²) in [7, 11) is 0. The van der Waals surface area contributed by atoms with Crippen LogP contribution in [-0.4, -0.2) is 61.1 Å². The third-order valence-corrected chi connectivity index (χ3v) is 5.47. The van der Waals surface area contributed by atoms with Gasteiger partial charge in [0.2, 0.25) is 0 Å². The molecule has 2 rings (SSSR count). The van der Waals surface area contributed by atoms with Crippen molar-refractivity contribution >= 4 is 41.7 Å². The monoisotopic (exact) mass is 454 g/mol. The molecule has 2 fully saturated rings. The third kappa shape index (κ3) is 7.82. The Morgan fingerprint density at radius 3 is 2.70 bits per heavy atom. The second-order valence-corrected chi connectivity index (χ2v) is 7.51. The first-order valence-electron chi connectivity index (χ1n) is 9.11. The van der Waals surface area contributed by atoms with Crippen molar-refractivity contribution in [3.05, 3.63) is 0 Å². The van der Waals surface area contributed by atoms with E-state index >= 15 is 0 Å². The molecular formula is C17H35IN4S. The van der Waals surface area contributed by atoms with Crippen LogP contribution < -0.4 is 10.6 Å². The number of unbranched alkanes of at least 4 members (excludes halogenated alkanes) is 1. The molecule has 0 aromatic rings. The average Bonchev–Trinajstić information content (AvgIpc) is 3.18. The first-order valence-corrected chi connectivity index (χ1v) is 10.5. The minimum Gasteiger partial charge on any atom is -0.357 e. The molecule has 0 aromatic heterocycles. The lowest BCUT2D eigenvalue weighted by molar-refractivity contribution is 0.242. The predicted octanol–water partition coefficient (Wildman–Crippen LogP) is 3.32. The summed E-state index contributed by atoms with van der Waals surface area (Å²) in [6.07, 6.45) is 11.6. The Morgan fingerprint density at radius 1 is 1.22 bits per heavy atom. The van der Waals surface area contributed by atoms with Gasteiger partial charge in [-0.2, -0.15) is 11.8 Å². The van der Waals surface area contributed by atoms with E-state index in [4.69, 9.17) is 4.99 Å². The van der Waals surface area contributed by atoms with Crippen LogP contribution in [-0.2, 0) is 0 Å². The number of nitrogens with zero attached hydrogens (tertiary/aromatic N) is 2. The highest BCUT2D eigenvalue weighted by atomic mass is 127. The second-order valence-electron chi connectivity index (χ2n) is 6.52. The average molecular weight is 454 g/mol. The molecule has 1 atom stereocenters. The first kappa shape index (κ1) is 21.4. The minimum absolute atomic E-state index is 0. The number of halogens is 1. The molecule has 6 heteroatoms. The number of aliphatic imine (C=N–C) groups is 1. The van der Waals surface area contributed by atoms with Crippen molar-refractivity contribution in [1.29, 1.82) is 0 Å². The summed E-state index contributed by atoms with van der Waals surface area (Å²) in [4.78, 5) is 7.44. The van der Waals surface area contributed by atoms with E-state index in [1.54, 1.807) is 0 Å². The van der Waals surface area contributed by atoms with Crippen molar-refractivity contribution in [2.75, 3.05) is 38.2 Å². The van der Waals surface area contributed by atoms with E-state index in [1.807, 2.05) is 11.8 Å². The number of rotatable bonds is 8. The fourth-order valence-corrected chi connectivity index (χ4v) is 4.06. The van der Waals surface area contributed by atoms with E-state index in [2.05, 4.69) is 28.7 Å². The van der Waals surface area contributed by atoms with Crippen LogP contribution >= 0.6 is 35.7 Å². The van der Waals surface area contributed by atoms with Gasteiger partial charge in [-0.1, -0.05) is 12.8 Å². The summed E-state index contributed by atoms with van der Waals surface area (Å²) in [6.45, 7) is 6.48. The van der Waals surface area contributed by atoms with Crippen molar-refractivity contribution in [3.8, 4) is 0 Å². The van der Waals surface area contributed by atoms with Crippen LogP contribution in [0.5, 0.6) is 0 Å². The summed E-state index contributed by atoms with van der Waals surface area (Å²) in [5.74, 6) is 2.27. The summed E-state index contributed by atoms with van der Waals surface area (Å²) in [5.41, 5.74) is 0. The third-order valence-electron chi connectivity index (χ3n) is 4.77. The Bertz CT molecular complexity index is 335. The van der Waals surface area contributed by atoms with Gasteiger partial charge < -0.3 is 10.6 Å². The van der Waals surface area contributed by atoms with Crippen LogP contribution in [0, 0.1) is 0 Å². The van der Waals surface area contributed by atoms with E-state index < -0.39 is 0 Å². The zero-order chi connectivity index (χ0) is 15.6. The van der Waals surface area contributed by atoms with Crippen LogP contribution in [0.25, 0.3) is 0 Å². The van der Waals surface area contributed by atoms with Crippen molar-refractivity contribution in [3.63, 3.8) is 0 Å². The summed E-state index contributed by atoms with van der Waals surface area (Å²) in [5, 5.41) is 7.05. The fourth-order valence-electron chi connectivity index (χ4n) is 3.57. The molecule has 0 aromatic carbocycles. The van der Waals surface area contributed by atoms with Gasteiger partial charge in [0, 0.05) is 38.3 Å². The summed E-state index contributed by atoms with van der Waals surface area (Å²) >= 11 is 1.92. The Hall–Kier alpha value is 0.310. The van der Waals surface area contributed by atoms with Crippen molar-refractivity contribution in [1.82, 2.24) is 15.5 Å². The molecule has 2 aliphatic rings. The topological polar surface area (TPSA) is 39.7 Å². The number of hydrogen-bond acceptors (Lipinski definition) is 3. The molecule has 1 heterocycles. The fraction of sp³-hybridized carbons (Fsp3) is 0.941. The SMILES string of the molecule is CCNC(=NCCCCSC)NC1CCN(C2CCCC2)C1.I. The highest BCUT2D eigenvalue weighted by molar-refractivity contribution is 14.0. The van der Waals surface area contributed by atoms with Crippen molar-refractivity contribution in [2.24, 2.45) is 4.99 Å². The molecule has 0 bridgehead atoms. The molecule has 0 amide bonds. The molecule has 1 unspecified atom stereocenters. The van der Waals surface area contributed by atoms with Gasteiger partial charge in [-0.25, -0.2) is 0 Å². The zero-order valence-electron chi connectivity index (χ0n) is 14.9. The molecule has 1 saturated carbocycles. The molecule has 4 nitrogen and oxygen atoms in total. The van der Waals surface area contributed by atoms with Gasteiger partial charge in [0.1, 0.15) is 0 Å². The molecule has 23 heavy (non-hydrogen) atoms. The molecular weight excluding hydrogens is 419 g/mol. The maximum absolute atomic E-state index is 4.74. The number of nitrogens with one attached hydrogen (secondary N) is 2. The van der Waals surface area contributed by atoms with Gasteiger partial charge >= 0.3 is 0 Å². The zero-order valence-corrected chi connectivity index (χ0v) is 18.0. The second kappa shape index (κ2) is 12.6. The van der Waals surface area contributed by atoms with E-state index in [0.717, 1.165) is 25.1 Å². The number of thioether (sulfide) groups is 1. The van der Waals surface area contributed by atoms with E-state index in [1.165, 1.54) is 63.8 Å². The van der Waals surface area contributed by atoms with Crippen LogP contribution in [0.3, 0.4) is 0 Å². The normalized spacial score (nSPS) is 23.0. The lowest BCUT2D eigenvalue weighted by Gasteiger charge is -2.24. The maximum atomic E-state index is 4.74. The minimum atomic E-state index is 0. The predicted molar refractivity (Wildman–Crippen MR) is 114 cm³/mol. The highest BCUT2D eigenvalue weighted by Crippen LogP contribution is 2.26. The Labute approximate surface area is 164 Å². The van der Waals surface area contributed by atoms with E-state index in [-0.39, 0.29) is 24.0 Å². The molecule has 1 aliphatic carbocycles. The largest absolute Gasteiger partial charge is 0.357 e. The van der Waals surface area contributed by atoms with Gasteiger partial charge in [-0.05, 0) is 51.0 Å². The summed E-state index contributed by atoms with van der Waals surface area (Å²) in [6, 6.07) is 1.43. The van der Waals surface area contributed by atoms with Crippen molar-refractivity contribution in [2.45, 2.75) is 64.0 Å². The van der Waals surface area contributed by atoms with Gasteiger partial charge in [0.05, 0.1) is 0 Å². The Morgan fingerprint density at radius 2 is 2.00 bits per heavy atom. The van der Waals surface area contributed by atoms with Crippen LogP contribution in [0.1, 0.15) is 51.9 Å². The van der Waals surface area contributed by atoms with Crippen LogP contribution in [0.2, 0.25) is 0 Å². The van der Waals surface area contributed by atoms with Crippen molar-refractivity contribution < 1.29 is 0 Å². The Balaban J connectivity index is 0.00000264. The van der Waals surface area contributed by atoms with Crippen LogP contribution in [0.15, 0.2) is 4.99 Å². The van der Waals surface area contributed by atoms with E-state index in [9.17, 15) is 0 Å². The molecule has 1 aliphatic heterocycles. The Kier molecular flexibility index (Phi) is 11.7. The molecule has 136 valence electrons. The van der Waals surface area contributed by atoms with Gasteiger partial charge in [-0.3, -0.25) is 9.89 Å². The van der Waals surface area contributed by atoms with Gasteiger partial charge in [-0.15, -0.1) is 24.0 Å². The molecule has 0 spiro atoms. The summed E-state index contributed by atoms with van der Waals surface area (Å²) < 4.78 is 0. The highest BCUT2D eigenvalue weighted by Gasteiger charge is 2.30. The number of likely N-dealkylation sites (tertiary alicyclic amines) is 1. The molecule has 0 radical (unpaired) electrons. The standard InChI is InChI=1S/C17H34N4S.HI/c1-3-18-17(19-11-6-7-13-22-2)20-15-10-12-21(14-15)16-8-4-5-9-16;/h15-16H,3-14H2,1-2H3,(H2,18,19,20);1H. The first-order chi connectivity index (χ1) is 10.8. The lowest BCUT2D eigenvalue weighted by atomic mass is 10.2. The molecule has 2 N–H and O–H groups in total. The van der Waals surface area contributed by atoms with Gasteiger partial charge in [0.25, 0.3) is 0 Å². The molecule has 1 saturated heterocycles. The quantitative estimate of drug-likeness (QED) is 0.256. The smallest absolute Gasteiger partial charge is 0.191 e. The number of hydrogen-bond donors (Lipinski definition) is 2. The van der Waals surface area contributed by atoms with Gasteiger partial charge in [0.15, 0.2) is 5.96 Å². The lowest BCUT2D eigenvalue weighted by Crippen LogP contribution is -2.45. The maximum Gasteiger partial charge on any atom is 0.191 e. The number of guanidine groups is 1.